The fourth-order valence-electron chi connectivity index (χ4n) is 1.36. The topological polar surface area (TPSA) is 47.3 Å². The van der Waals surface area contributed by atoms with Crippen LogP contribution in [0.25, 0.3) is 0 Å². The lowest BCUT2D eigenvalue weighted by atomic mass is 10.4. The van der Waals surface area contributed by atoms with Gasteiger partial charge in [-0.2, -0.15) is 0 Å². The molecule has 1 aliphatic rings. The first-order valence-corrected chi connectivity index (χ1v) is 8.77. The van der Waals surface area contributed by atoms with Gasteiger partial charge in [-0.3, -0.25) is 0 Å². The molecule has 1 saturated heterocycles. The van der Waals surface area contributed by atoms with E-state index in [0.29, 0.717) is 0 Å². The van der Waals surface area contributed by atoms with Gasteiger partial charge in [-0.05, 0) is 45.6 Å². The Labute approximate surface area is 104 Å². The molecule has 1 fully saturated rings. The second-order valence-corrected chi connectivity index (χ2v) is 6.80. The van der Waals surface area contributed by atoms with E-state index in [1.54, 1.807) is 0 Å². The van der Waals surface area contributed by atoms with Crippen LogP contribution in [0.1, 0.15) is 39.5 Å². The van der Waals surface area contributed by atoms with Gasteiger partial charge >= 0.3 is 0 Å². The van der Waals surface area contributed by atoms with Gasteiger partial charge in [0.1, 0.15) is 0 Å². The highest BCUT2D eigenvalue weighted by molar-refractivity contribution is 6.51. The average Bonchev–Trinajstić information content (AvgIpc) is 2.32. The van der Waals surface area contributed by atoms with Gasteiger partial charge < -0.3 is 15.5 Å². The van der Waals surface area contributed by atoms with Gasteiger partial charge in [0.25, 0.3) is 0 Å². The molecule has 16 heavy (non-hydrogen) atoms. The Morgan fingerprint density at radius 2 is 1.75 bits per heavy atom. The minimum atomic E-state index is -0.626. The Bertz CT molecular complexity index is 104. The number of hydrogen-bond donors (Lipinski definition) is 2. The van der Waals surface area contributed by atoms with Gasteiger partial charge in [-0.25, -0.2) is 0 Å². The van der Waals surface area contributed by atoms with E-state index in [4.69, 9.17) is 10.2 Å². The molecule has 1 rings (SSSR count). The molecule has 0 bridgehead atoms. The fourth-order valence-corrected chi connectivity index (χ4v) is 3.87. The van der Waals surface area contributed by atoms with E-state index < -0.39 is 9.04 Å². The van der Waals surface area contributed by atoms with Gasteiger partial charge in [-0.15, -0.1) is 0 Å². The second kappa shape index (κ2) is 17.5. The Balaban J connectivity index is 0. The number of nitrogens with one attached hydrogen (secondary N) is 1. The van der Waals surface area contributed by atoms with E-state index >= 15 is 0 Å². The van der Waals surface area contributed by atoms with Crippen LogP contribution in [0.5, 0.6) is 0 Å². The third-order valence-corrected chi connectivity index (χ3v) is 5.15. The molecule has 0 aromatic carbocycles. The standard InChI is InChI=1S/C7H16OSi.C3H9N.C2H7N/c1-2-6-9-7-4-3-5-8-9;1-2-3-4;1-3-2/h9H,2-7H2,1H3;2-4H2,1H3;3H,1-2H3. The van der Waals surface area contributed by atoms with Crippen molar-refractivity contribution in [2.75, 3.05) is 27.2 Å². The molecule has 0 aliphatic carbocycles. The summed E-state index contributed by atoms with van der Waals surface area (Å²) >= 11 is 0. The van der Waals surface area contributed by atoms with Crippen LogP contribution in [-0.4, -0.2) is 36.3 Å². The van der Waals surface area contributed by atoms with Crippen molar-refractivity contribution in [3.8, 4) is 0 Å². The van der Waals surface area contributed by atoms with Crippen molar-refractivity contribution in [3.63, 3.8) is 0 Å². The summed E-state index contributed by atoms with van der Waals surface area (Å²) in [6.45, 7) is 6.20. The first-order chi connectivity index (χ1) is 7.76. The Kier molecular flexibility index (Phi) is 20.2. The molecule has 100 valence electrons. The van der Waals surface area contributed by atoms with Gasteiger partial charge in [0.2, 0.25) is 0 Å². The van der Waals surface area contributed by atoms with Gasteiger partial charge in [0, 0.05) is 6.61 Å². The van der Waals surface area contributed by atoms with Crippen molar-refractivity contribution < 1.29 is 4.43 Å². The Morgan fingerprint density at radius 1 is 1.19 bits per heavy atom. The van der Waals surface area contributed by atoms with Crippen LogP contribution in [0.4, 0.5) is 0 Å². The lowest BCUT2D eigenvalue weighted by Gasteiger charge is -2.19. The van der Waals surface area contributed by atoms with Crippen LogP contribution in [0.3, 0.4) is 0 Å². The summed E-state index contributed by atoms with van der Waals surface area (Å²) in [5.41, 5.74) is 5.03. The maximum absolute atomic E-state index is 5.66. The van der Waals surface area contributed by atoms with Crippen LogP contribution < -0.4 is 11.1 Å². The van der Waals surface area contributed by atoms with Crippen LogP contribution in [-0.2, 0) is 4.43 Å². The first kappa shape index (κ1) is 18.5. The third-order valence-electron chi connectivity index (χ3n) is 2.17. The van der Waals surface area contributed by atoms with Crippen LogP contribution in [0.2, 0.25) is 12.1 Å². The van der Waals surface area contributed by atoms with Crippen molar-refractivity contribution in [2.45, 2.75) is 51.6 Å². The molecule has 1 heterocycles. The molecule has 3 N–H and O–H groups in total. The highest BCUT2D eigenvalue weighted by Gasteiger charge is 2.13. The average molecular weight is 248 g/mol. The lowest BCUT2D eigenvalue weighted by molar-refractivity contribution is 0.286. The smallest absolute Gasteiger partial charge is 0.176 e. The van der Waals surface area contributed by atoms with Crippen molar-refractivity contribution >= 4 is 9.04 Å². The maximum Gasteiger partial charge on any atom is 0.176 e. The molecule has 0 spiro atoms. The molecular weight excluding hydrogens is 216 g/mol. The van der Waals surface area contributed by atoms with Crippen molar-refractivity contribution in [3.05, 3.63) is 0 Å². The SMILES string of the molecule is CCCN.CCC[SiH]1CCCCO1.CNC. The molecular formula is C12H32N2OSi. The normalized spacial score (nSPS) is 18.9. The van der Waals surface area contributed by atoms with E-state index in [-0.39, 0.29) is 0 Å². The van der Waals surface area contributed by atoms with Crippen molar-refractivity contribution in [2.24, 2.45) is 5.73 Å². The zero-order chi connectivity index (χ0) is 12.6. The summed E-state index contributed by atoms with van der Waals surface area (Å²) in [6, 6.07) is 2.84. The molecule has 4 heteroatoms. The maximum atomic E-state index is 5.66. The summed E-state index contributed by atoms with van der Waals surface area (Å²) in [4.78, 5) is 0. The molecule has 0 aromatic heterocycles. The van der Waals surface area contributed by atoms with Crippen LogP contribution in [0, 0.1) is 0 Å². The van der Waals surface area contributed by atoms with Crippen LogP contribution >= 0.6 is 0 Å². The molecule has 1 unspecified atom stereocenters. The first-order valence-electron chi connectivity index (χ1n) is 6.66. The van der Waals surface area contributed by atoms with E-state index in [0.717, 1.165) is 19.6 Å². The summed E-state index contributed by atoms with van der Waals surface area (Å²) in [5.74, 6) is 0. The number of rotatable bonds is 3. The van der Waals surface area contributed by atoms with Gasteiger partial charge in [0.15, 0.2) is 9.04 Å². The monoisotopic (exact) mass is 248 g/mol. The minimum absolute atomic E-state index is 0.626. The number of hydrogen-bond acceptors (Lipinski definition) is 3. The summed E-state index contributed by atoms with van der Waals surface area (Å²) in [5, 5.41) is 2.75. The van der Waals surface area contributed by atoms with E-state index in [1.165, 1.54) is 31.4 Å². The molecule has 0 amide bonds. The Morgan fingerprint density at radius 3 is 2.06 bits per heavy atom. The fraction of sp³-hybridized carbons (Fsp3) is 1.00. The zero-order valence-corrected chi connectivity index (χ0v) is 12.9. The van der Waals surface area contributed by atoms with E-state index in [2.05, 4.69) is 19.2 Å². The van der Waals surface area contributed by atoms with Gasteiger partial charge in [-0.1, -0.05) is 26.7 Å². The molecule has 0 aromatic rings. The highest BCUT2D eigenvalue weighted by atomic mass is 28.3. The van der Waals surface area contributed by atoms with Gasteiger partial charge in [0.05, 0.1) is 0 Å². The quantitative estimate of drug-likeness (QED) is 0.752. The third kappa shape index (κ3) is 16.5. The van der Waals surface area contributed by atoms with Crippen LogP contribution in [0.15, 0.2) is 0 Å². The molecule has 0 saturated carbocycles. The predicted molar refractivity (Wildman–Crippen MR) is 76.6 cm³/mol. The summed E-state index contributed by atoms with van der Waals surface area (Å²) in [7, 11) is 3.12. The molecule has 1 aliphatic heterocycles. The highest BCUT2D eigenvalue weighted by Crippen LogP contribution is 2.14. The molecule has 1 atom stereocenters. The Hall–Kier alpha value is 0.0969. The predicted octanol–water partition coefficient (Wildman–Crippen LogP) is 2.12. The summed E-state index contributed by atoms with van der Waals surface area (Å²) < 4.78 is 5.66. The number of nitrogens with two attached hydrogens (primary N) is 1. The second-order valence-electron chi connectivity index (χ2n) is 4.07. The largest absolute Gasteiger partial charge is 0.420 e. The molecule has 0 radical (unpaired) electrons. The van der Waals surface area contributed by atoms with Crippen molar-refractivity contribution in [1.82, 2.24) is 5.32 Å². The zero-order valence-electron chi connectivity index (χ0n) is 11.7. The molecule has 3 nitrogen and oxygen atoms in total. The van der Waals surface area contributed by atoms with E-state index in [9.17, 15) is 0 Å². The lowest BCUT2D eigenvalue weighted by Crippen LogP contribution is -2.22. The minimum Gasteiger partial charge on any atom is -0.420 e. The summed E-state index contributed by atoms with van der Waals surface area (Å²) in [6.07, 6.45) is 5.18. The van der Waals surface area contributed by atoms with Crippen molar-refractivity contribution in [1.29, 1.82) is 0 Å². The van der Waals surface area contributed by atoms with E-state index in [1.807, 2.05) is 14.1 Å².